The largest absolute Gasteiger partial charge is 0.317 e. The van der Waals surface area contributed by atoms with Crippen LogP contribution < -0.4 is 5.32 Å². The highest BCUT2D eigenvalue weighted by Crippen LogP contribution is 2.61. The quantitative estimate of drug-likeness (QED) is 0.551. The minimum Gasteiger partial charge on any atom is -0.317 e. The summed E-state index contributed by atoms with van der Waals surface area (Å²) in [6, 6.07) is 4.28. The van der Waals surface area contributed by atoms with E-state index in [2.05, 4.69) is 35.8 Å². The molecule has 0 saturated heterocycles. The average molecular weight is 354 g/mol. The van der Waals surface area contributed by atoms with Crippen molar-refractivity contribution in [1.29, 1.82) is 0 Å². The number of aromatic nitrogens is 1. The molecule has 0 amide bonds. The molecule has 1 radical (unpaired) electrons. The fraction of sp³-hybridized carbons (Fsp3) is 0.750. The first-order valence-corrected chi connectivity index (χ1v) is 11.2. The maximum atomic E-state index is 4.15. The Hall–Kier alpha value is -0.890. The minimum absolute atomic E-state index is 0.738. The van der Waals surface area contributed by atoms with Crippen LogP contribution in [0.1, 0.15) is 76.7 Å². The summed E-state index contributed by atoms with van der Waals surface area (Å²) in [4.78, 5) is 4.15. The van der Waals surface area contributed by atoms with E-state index in [9.17, 15) is 0 Å². The van der Waals surface area contributed by atoms with Gasteiger partial charge in [0.05, 0.1) is 0 Å². The van der Waals surface area contributed by atoms with Gasteiger partial charge in [-0.2, -0.15) is 0 Å². The Labute approximate surface area is 160 Å². The third kappa shape index (κ3) is 4.50. The summed E-state index contributed by atoms with van der Waals surface area (Å²) in [6.45, 7) is 4.48. The molecule has 1 aromatic heterocycles. The molecule has 1 unspecified atom stereocenters. The predicted octanol–water partition coefficient (Wildman–Crippen LogP) is 5.64. The van der Waals surface area contributed by atoms with E-state index in [-0.39, 0.29) is 0 Å². The van der Waals surface area contributed by atoms with Crippen LogP contribution in [0.4, 0.5) is 0 Å². The number of rotatable bonds is 10. The van der Waals surface area contributed by atoms with Crippen LogP contribution in [0.5, 0.6) is 0 Å². The first-order valence-electron chi connectivity index (χ1n) is 11.2. The molecular weight excluding hydrogens is 316 g/mol. The van der Waals surface area contributed by atoms with Gasteiger partial charge in [0.2, 0.25) is 0 Å². The van der Waals surface area contributed by atoms with Crippen LogP contribution >= 0.6 is 0 Å². The average Bonchev–Trinajstić information content (AvgIpc) is 2.63. The highest BCUT2D eigenvalue weighted by Gasteiger charge is 2.50. The molecule has 5 rings (SSSR count). The van der Waals surface area contributed by atoms with Crippen molar-refractivity contribution in [3.63, 3.8) is 0 Å². The first kappa shape index (κ1) is 18.5. The van der Waals surface area contributed by atoms with E-state index in [4.69, 9.17) is 0 Å². The molecule has 4 aliphatic carbocycles. The molecule has 0 spiro atoms. The van der Waals surface area contributed by atoms with Gasteiger partial charge in [0.25, 0.3) is 0 Å². The van der Waals surface area contributed by atoms with Crippen molar-refractivity contribution in [2.24, 2.45) is 29.1 Å². The first-order chi connectivity index (χ1) is 12.7. The number of pyridine rings is 1. The third-order valence-electron chi connectivity index (χ3n) is 7.62. The fourth-order valence-corrected chi connectivity index (χ4v) is 6.77. The standard InChI is InChI=1S/C24H37N2/c1-2-25-10-6-19(3-4-20-7-11-26-12-8-20)5-9-24-16-21-13-22(17-24)15-23(14-21)18-24/h4,7-8,11-12,19,21-23,25H,2-3,5-6,9-10,13-18H2,1H3. The van der Waals surface area contributed by atoms with Crippen molar-refractivity contribution in [2.45, 2.75) is 71.1 Å². The van der Waals surface area contributed by atoms with E-state index < -0.39 is 0 Å². The van der Waals surface area contributed by atoms with Gasteiger partial charge < -0.3 is 5.32 Å². The maximum Gasteiger partial charge on any atom is 0.0270 e. The normalized spacial score (nSPS) is 33.5. The maximum absolute atomic E-state index is 4.15. The lowest BCUT2D eigenvalue weighted by Gasteiger charge is -2.57. The number of hydrogen-bond acceptors (Lipinski definition) is 2. The van der Waals surface area contributed by atoms with Crippen LogP contribution in [0.2, 0.25) is 0 Å². The van der Waals surface area contributed by atoms with E-state index >= 15 is 0 Å². The summed E-state index contributed by atoms with van der Waals surface area (Å²) < 4.78 is 0. The zero-order chi connectivity index (χ0) is 17.8. The summed E-state index contributed by atoms with van der Waals surface area (Å²) in [6.07, 6.45) is 21.1. The van der Waals surface area contributed by atoms with Crippen molar-refractivity contribution in [3.8, 4) is 0 Å². The summed E-state index contributed by atoms with van der Waals surface area (Å²) in [5, 5.41) is 3.55. The monoisotopic (exact) mass is 353 g/mol. The van der Waals surface area contributed by atoms with Gasteiger partial charge in [0, 0.05) is 12.4 Å². The summed E-state index contributed by atoms with van der Waals surface area (Å²) in [5.74, 6) is 4.09. The molecule has 26 heavy (non-hydrogen) atoms. The highest BCUT2D eigenvalue weighted by atomic mass is 14.8. The van der Waals surface area contributed by atoms with Crippen LogP contribution in [0.15, 0.2) is 24.5 Å². The van der Waals surface area contributed by atoms with Crippen molar-refractivity contribution in [3.05, 3.63) is 36.5 Å². The lowest BCUT2D eigenvalue weighted by molar-refractivity contribution is -0.0601. The number of nitrogens with zero attached hydrogens (tertiary/aromatic N) is 1. The molecule has 143 valence electrons. The van der Waals surface area contributed by atoms with Gasteiger partial charge in [0.1, 0.15) is 0 Å². The molecule has 4 bridgehead atoms. The van der Waals surface area contributed by atoms with Gasteiger partial charge in [-0.15, -0.1) is 0 Å². The molecule has 4 aliphatic rings. The van der Waals surface area contributed by atoms with E-state index in [1.165, 1.54) is 37.8 Å². The second-order valence-corrected chi connectivity index (χ2v) is 9.68. The molecule has 2 heteroatoms. The Bertz CT molecular complexity index is 517. The van der Waals surface area contributed by atoms with E-state index in [0.29, 0.717) is 0 Å². The molecule has 1 heterocycles. The molecular formula is C24H37N2. The zero-order valence-corrected chi connectivity index (χ0v) is 16.6. The second kappa shape index (κ2) is 8.42. The number of nitrogens with one attached hydrogen (secondary N) is 1. The smallest absolute Gasteiger partial charge is 0.0270 e. The van der Waals surface area contributed by atoms with Gasteiger partial charge in [-0.3, -0.25) is 4.98 Å². The van der Waals surface area contributed by atoms with Gasteiger partial charge in [0.15, 0.2) is 0 Å². The third-order valence-corrected chi connectivity index (χ3v) is 7.62. The Morgan fingerprint density at radius 2 is 1.73 bits per heavy atom. The Kier molecular flexibility index (Phi) is 5.98. The van der Waals surface area contributed by atoms with Crippen LogP contribution in [-0.2, 0) is 0 Å². The molecule has 2 nitrogen and oxygen atoms in total. The molecule has 1 aromatic rings. The van der Waals surface area contributed by atoms with E-state index in [0.717, 1.165) is 35.6 Å². The van der Waals surface area contributed by atoms with Crippen LogP contribution in [-0.4, -0.2) is 18.1 Å². The second-order valence-electron chi connectivity index (χ2n) is 9.68. The van der Waals surface area contributed by atoms with Crippen LogP contribution in [0.25, 0.3) is 0 Å². The lowest BCUT2D eigenvalue weighted by Crippen LogP contribution is -2.46. The molecule has 1 atom stereocenters. The van der Waals surface area contributed by atoms with Gasteiger partial charge in [-0.1, -0.05) is 6.92 Å². The summed E-state index contributed by atoms with van der Waals surface area (Å²) in [7, 11) is 0. The SMILES string of the molecule is CCNCCC(C[CH]c1ccncc1)CCC12CC3CC(CC(C3)C1)C2. The lowest BCUT2D eigenvalue weighted by atomic mass is 9.48. The van der Waals surface area contributed by atoms with Crippen molar-refractivity contribution >= 4 is 0 Å². The molecule has 0 aromatic carbocycles. The molecule has 4 saturated carbocycles. The van der Waals surface area contributed by atoms with Crippen LogP contribution in [0.3, 0.4) is 0 Å². The zero-order valence-electron chi connectivity index (χ0n) is 16.6. The summed E-state index contributed by atoms with van der Waals surface area (Å²) >= 11 is 0. The highest BCUT2D eigenvalue weighted by molar-refractivity contribution is 5.19. The number of hydrogen-bond donors (Lipinski definition) is 1. The van der Waals surface area contributed by atoms with Crippen molar-refractivity contribution in [2.75, 3.05) is 13.1 Å². The fourth-order valence-electron chi connectivity index (χ4n) is 6.77. The Morgan fingerprint density at radius 3 is 2.35 bits per heavy atom. The van der Waals surface area contributed by atoms with Crippen molar-refractivity contribution < 1.29 is 0 Å². The molecule has 1 N–H and O–H groups in total. The topological polar surface area (TPSA) is 24.9 Å². The Balaban J connectivity index is 1.32. The van der Waals surface area contributed by atoms with Gasteiger partial charge in [-0.05, 0) is 131 Å². The van der Waals surface area contributed by atoms with Gasteiger partial charge >= 0.3 is 0 Å². The minimum atomic E-state index is 0.738. The molecule has 0 aliphatic heterocycles. The summed E-state index contributed by atoms with van der Waals surface area (Å²) in [5.41, 5.74) is 2.07. The van der Waals surface area contributed by atoms with E-state index in [1.54, 1.807) is 38.5 Å². The Morgan fingerprint density at radius 1 is 1.08 bits per heavy atom. The molecule has 4 fully saturated rings. The van der Waals surface area contributed by atoms with Crippen molar-refractivity contribution in [1.82, 2.24) is 10.3 Å². The predicted molar refractivity (Wildman–Crippen MR) is 109 cm³/mol. The van der Waals surface area contributed by atoms with Gasteiger partial charge in [-0.25, -0.2) is 0 Å². The van der Waals surface area contributed by atoms with E-state index in [1.807, 2.05) is 12.4 Å². The van der Waals surface area contributed by atoms with Crippen LogP contribution in [0, 0.1) is 35.5 Å².